The van der Waals surface area contributed by atoms with Gasteiger partial charge < -0.3 is 10.1 Å². The zero-order valence-electron chi connectivity index (χ0n) is 11.5. The Morgan fingerprint density at radius 1 is 1.29 bits per heavy atom. The summed E-state index contributed by atoms with van der Waals surface area (Å²) < 4.78 is 5.52. The van der Waals surface area contributed by atoms with Gasteiger partial charge in [-0.3, -0.25) is 4.98 Å². The summed E-state index contributed by atoms with van der Waals surface area (Å²) in [6.45, 7) is 8.65. The third kappa shape index (κ3) is 4.73. The molecule has 1 aromatic heterocycles. The fourth-order valence-electron chi connectivity index (χ4n) is 1.81. The summed E-state index contributed by atoms with van der Waals surface area (Å²) in [7, 11) is 1.75. The van der Waals surface area contributed by atoms with Gasteiger partial charge in [-0.15, -0.1) is 0 Å². The molecule has 0 aliphatic rings. The maximum Gasteiger partial charge on any atom is 0.0993 e. The molecule has 0 aromatic carbocycles. The van der Waals surface area contributed by atoms with Crippen molar-refractivity contribution in [3.8, 4) is 0 Å². The SMILES string of the molecule is COC(CC(C)C)c1cc(NC(C)C)ccn1. The van der Waals surface area contributed by atoms with E-state index >= 15 is 0 Å². The number of pyridine rings is 1. The van der Waals surface area contributed by atoms with E-state index in [1.54, 1.807) is 7.11 Å². The molecule has 1 heterocycles. The molecule has 0 aliphatic carbocycles. The lowest BCUT2D eigenvalue weighted by Gasteiger charge is -2.18. The number of anilines is 1. The normalized spacial score (nSPS) is 13.1. The highest BCUT2D eigenvalue weighted by Gasteiger charge is 2.14. The number of ether oxygens (including phenoxy) is 1. The first-order valence-corrected chi connectivity index (χ1v) is 6.28. The van der Waals surface area contributed by atoms with Gasteiger partial charge >= 0.3 is 0 Å². The Hall–Kier alpha value is -1.09. The van der Waals surface area contributed by atoms with Crippen LogP contribution in [0.5, 0.6) is 0 Å². The highest BCUT2D eigenvalue weighted by Crippen LogP contribution is 2.24. The van der Waals surface area contributed by atoms with Crippen LogP contribution in [0.3, 0.4) is 0 Å². The second kappa shape index (κ2) is 6.60. The molecular formula is C14H24N2O. The van der Waals surface area contributed by atoms with Gasteiger partial charge in [-0.25, -0.2) is 0 Å². The lowest BCUT2D eigenvalue weighted by Crippen LogP contribution is -2.12. The zero-order valence-corrected chi connectivity index (χ0v) is 11.5. The molecule has 1 N–H and O–H groups in total. The number of methoxy groups -OCH3 is 1. The Morgan fingerprint density at radius 2 is 2.00 bits per heavy atom. The van der Waals surface area contributed by atoms with Crippen LogP contribution in [0.2, 0.25) is 0 Å². The minimum Gasteiger partial charge on any atom is -0.383 e. The Morgan fingerprint density at radius 3 is 2.53 bits per heavy atom. The van der Waals surface area contributed by atoms with Gasteiger partial charge in [0, 0.05) is 25.0 Å². The summed E-state index contributed by atoms with van der Waals surface area (Å²) in [5.41, 5.74) is 2.11. The van der Waals surface area contributed by atoms with Crippen LogP contribution in [-0.2, 0) is 4.74 Å². The molecule has 96 valence electrons. The van der Waals surface area contributed by atoms with E-state index in [0.29, 0.717) is 12.0 Å². The minimum atomic E-state index is 0.0870. The first-order chi connectivity index (χ1) is 8.02. The number of nitrogens with one attached hydrogen (secondary N) is 1. The first-order valence-electron chi connectivity index (χ1n) is 6.28. The molecule has 1 atom stereocenters. The molecule has 0 radical (unpaired) electrons. The third-order valence-corrected chi connectivity index (χ3v) is 2.54. The summed E-state index contributed by atoms with van der Waals surface area (Å²) >= 11 is 0. The maximum atomic E-state index is 5.52. The zero-order chi connectivity index (χ0) is 12.8. The van der Waals surface area contributed by atoms with Gasteiger partial charge in [0.2, 0.25) is 0 Å². The molecule has 0 aliphatic heterocycles. The molecule has 0 bridgehead atoms. The van der Waals surface area contributed by atoms with Crippen molar-refractivity contribution in [2.24, 2.45) is 5.92 Å². The lowest BCUT2D eigenvalue weighted by molar-refractivity contribution is 0.0812. The van der Waals surface area contributed by atoms with Crippen LogP contribution in [-0.4, -0.2) is 18.1 Å². The van der Waals surface area contributed by atoms with Crippen molar-refractivity contribution >= 4 is 5.69 Å². The number of nitrogens with zero attached hydrogens (tertiary/aromatic N) is 1. The van der Waals surface area contributed by atoms with E-state index in [4.69, 9.17) is 4.74 Å². The molecule has 1 aromatic rings. The summed E-state index contributed by atoms with van der Waals surface area (Å²) in [5, 5.41) is 3.38. The largest absolute Gasteiger partial charge is 0.383 e. The van der Waals surface area contributed by atoms with Gasteiger partial charge in [-0.1, -0.05) is 13.8 Å². The molecule has 17 heavy (non-hydrogen) atoms. The smallest absolute Gasteiger partial charge is 0.0993 e. The average Bonchev–Trinajstić information content (AvgIpc) is 2.25. The second-order valence-corrected chi connectivity index (χ2v) is 5.12. The van der Waals surface area contributed by atoms with Crippen molar-refractivity contribution in [1.29, 1.82) is 0 Å². The molecule has 0 fully saturated rings. The van der Waals surface area contributed by atoms with Gasteiger partial charge in [0.25, 0.3) is 0 Å². The third-order valence-electron chi connectivity index (χ3n) is 2.54. The van der Waals surface area contributed by atoms with E-state index < -0.39 is 0 Å². The summed E-state index contributed by atoms with van der Waals surface area (Å²) in [6, 6.07) is 4.50. The molecule has 1 rings (SSSR count). The minimum absolute atomic E-state index is 0.0870. The van der Waals surface area contributed by atoms with Crippen LogP contribution in [0.4, 0.5) is 5.69 Å². The van der Waals surface area contributed by atoms with E-state index in [0.717, 1.165) is 17.8 Å². The van der Waals surface area contributed by atoms with Gasteiger partial charge in [-0.05, 0) is 38.3 Å². The summed E-state index contributed by atoms with van der Waals surface area (Å²) in [5.74, 6) is 0.600. The lowest BCUT2D eigenvalue weighted by atomic mass is 10.0. The molecule has 0 saturated heterocycles. The predicted octanol–water partition coefficient (Wildman–Crippen LogP) is 3.64. The Kier molecular flexibility index (Phi) is 5.42. The van der Waals surface area contributed by atoms with Crippen LogP contribution in [0.1, 0.15) is 45.9 Å². The Labute approximate surface area is 105 Å². The standard InChI is InChI=1S/C14H24N2O/c1-10(2)8-14(17-5)13-9-12(6-7-15-13)16-11(3)4/h6-7,9-11,14H,8H2,1-5H3,(H,15,16). The van der Waals surface area contributed by atoms with E-state index in [1.165, 1.54) is 0 Å². The molecule has 0 amide bonds. The number of aromatic nitrogens is 1. The van der Waals surface area contributed by atoms with Gasteiger partial charge in [0.05, 0.1) is 11.8 Å². The van der Waals surface area contributed by atoms with Crippen molar-refractivity contribution in [2.75, 3.05) is 12.4 Å². The van der Waals surface area contributed by atoms with E-state index in [2.05, 4.69) is 44.1 Å². The summed E-state index contributed by atoms with van der Waals surface area (Å²) in [4.78, 5) is 4.41. The maximum absolute atomic E-state index is 5.52. The molecule has 0 spiro atoms. The number of rotatable bonds is 6. The molecular weight excluding hydrogens is 212 g/mol. The van der Waals surface area contributed by atoms with Crippen LogP contribution < -0.4 is 5.32 Å². The fraction of sp³-hybridized carbons (Fsp3) is 0.643. The fourth-order valence-corrected chi connectivity index (χ4v) is 1.81. The number of hydrogen-bond acceptors (Lipinski definition) is 3. The topological polar surface area (TPSA) is 34.1 Å². The Bertz CT molecular complexity index is 337. The van der Waals surface area contributed by atoms with Crippen molar-refractivity contribution in [1.82, 2.24) is 4.98 Å². The quantitative estimate of drug-likeness (QED) is 0.819. The van der Waals surface area contributed by atoms with Crippen LogP contribution >= 0.6 is 0 Å². The predicted molar refractivity (Wildman–Crippen MR) is 72.2 cm³/mol. The van der Waals surface area contributed by atoms with Gasteiger partial charge in [0.15, 0.2) is 0 Å². The van der Waals surface area contributed by atoms with E-state index in [9.17, 15) is 0 Å². The molecule has 1 unspecified atom stereocenters. The Balaban J connectivity index is 2.81. The van der Waals surface area contributed by atoms with Crippen molar-refractivity contribution in [3.05, 3.63) is 24.0 Å². The van der Waals surface area contributed by atoms with Gasteiger partial charge in [0.1, 0.15) is 0 Å². The van der Waals surface area contributed by atoms with Crippen LogP contribution in [0.25, 0.3) is 0 Å². The van der Waals surface area contributed by atoms with Crippen molar-refractivity contribution in [3.63, 3.8) is 0 Å². The van der Waals surface area contributed by atoms with E-state index in [-0.39, 0.29) is 6.10 Å². The van der Waals surface area contributed by atoms with Crippen LogP contribution in [0, 0.1) is 5.92 Å². The monoisotopic (exact) mass is 236 g/mol. The van der Waals surface area contributed by atoms with Crippen molar-refractivity contribution in [2.45, 2.75) is 46.3 Å². The van der Waals surface area contributed by atoms with Crippen molar-refractivity contribution < 1.29 is 4.74 Å². The average molecular weight is 236 g/mol. The highest BCUT2D eigenvalue weighted by molar-refractivity contribution is 5.44. The molecule has 3 heteroatoms. The number of hydrogen-bond donors (Lipinski definition) is 1. The van der Waals surface area contributed by atoms with E-state index in [1.807, 2.05) is 12.3 Å². The van der Waals surface area contributed by atoms with Gasteiger partial charge in [-0.2, -0.15) is 0 Å². The molecule has 0 saturated carbocycles. The molecule has 3 nitrogen and oxygen atoms in total. The first kappa shape index (κ1) is 14.0. The van der Waals surface area contributed by atoms with Crippen LogP contribution in [0.15, 0.2) is 18.3 Å². The second-order valence-electron chi connectivity index (χ2n) is 5.12. The summed E-state index contributed by atoms with van der Waals surface area (Å²) in [6.07, 6.45) is 2.92. The highest BCUT2D eigenvalue weighted by atomic mass is 16.5.